The Morgan fingerprint density at radius 2 is 2.10 bits per heavy atom. The first-order chi connectivity index (χ1) is 9.90. The molecule has 2 aromatic rings. The van der Waals surface area contributed by atoms with E-state index in [4.69, 9.17) is 0 Å². The highest BCUT2D eigenvalue weighted by Crippen LogP contribution is 2.23. The molecule has 0 radical (unpaired) electrons. The maximum Gasteiger partial charge on any atom is 0.344 e. The highest BCUT2D eigenvalue weighted by atomic mass is 16.6. The first kappa shape index (κ1) is 14.4. The maximum absolute atomic E-state index is 12.0. The Kier molecular flexibility index (Phi) is 3.79. The lowest BCUT2D eigenvalue weighted by atomic mass is 10.1. The minimum Gasteiger partial charge on any atom is -0.353 e. The molecule has 8 nitrogen and oxygen atoms in total. The predicted octanol–water partition coefficient (Wildman–Crippen LogP) is 2.35. The molecule has 0 aliphatic heterocycles. The first-order valence-corrected chi connectivity index (χ1v) is 5.93. The van der Waals surface area contributed by atoms with Crippen molar-refractivity contribution in [3.8, 4) is 0 Å². The molecule has 0 saturated heterocycles. The van der Waals surface area contributed by atoms with Crippen LogP contribution in [-0.4, -0.2) is 21.8 Å². The van der Waals surface area contributed by atoms with Crippen molar-refractivity contribution in [3.05, 3.63) is 51.4 Å². The van der Waals surface area contributed by atoms with Gasteiger partial charge in [0.1, 0.15) is 0 Å². The van der Waals surface area contributed by atoms with Crippen molar-refractivity contribution in [2.75, 3.05) is 5.32 Å². The number of aryl methyl sites for hydroxylation is 1. The molecule has 0 bridgehead atoms. The van der Waals surface area contributed by atoms with E-state index in [2.05, 4.69) is 15.0 Å². The molecule has 2 rings (SSSR count). The van der Waals surface area contributed by atoms with Gasteiger partial charge in [0.25, 0.3) is 5.91 Å². The molecule has 8 heteroatoms. The predicted molar refractivity (Wildman–Crippen MR) is 72.3 cm³/mol. The SMILES string of the molecule is CC(=O)c1cccc(NC(=O)c2noc(C)c2[N+](=O)[O-])c1. The Bertz CT molecular complexity index is 735. The van der Waals surface area contributed by atoms with Crippen LogP contribution in [0.25, 0.3) is 0 Å². The number of carbonyl (C=O) groups is 2. The average Bonchev–Trinajstić information content (AvgIpc) is 2.81. The molecule has 108 valence electrons. The van der Waals surface area contributed by atoms with Crippen LogP contribution in [0, 0.1) is 17.0 Å². The van der Waals surface area contributed by atoms with Crippen LogP contribution in [0.2, 0.25) is 0 Å². The normalized spacial score (nSPS) is 10.2. The zero-order valence-corrected chi connectivity index (χ0v) is 11.2. The highest BCUT2D eigenvalue weighted by Gasteiger charge is 2.29. The van der Waals surface area contributed by atoms with Crippen molar-refractivity contribution >= 4 is 23.1 Å². The number of hydrogen-bond donors (Lipinski definition) is 1. The largest absolute Gasteiger partial charge is 0.353 e. The smallest absolute Gasteiger partial charge is 0.344 e. The number of nitrogens with zero attached hydrogens (tertiary/aromatic N) is 2. The molecule has 0 aliphatic rings. The molecule has 0 unspecified atom stereocenters. The van der Waals surface area contributed by atoms with E-state index >= 15 is 0 Å². The second kappa shape index (κ2) is 5.53. The fraction of sp³-hybridized carbons (Fsp3) is 0.154. The summed E-state index contributed by atoms with van der Waals surface area (Å²) in [6.45, 7) is 2.74. The Labute approximate surface area is 118 Å². The van der Waals surface area contributed by atoms with Gasteiger partial charge in [-0.2, -0.15) is 0 Å². The third kappa shape index (κ3) is 2.94. The Balaban J connectivity index is 2.28. The van der Waals surface area contributed by atoms with Gasteiger partial charge in [-0.1, -0.05) is 17.3 Å². The number of hydrogen-bond acceptors (Lipinski definition) is 6. The van der Waals surface area contributed by atoms with Crippen molar-refractivity contribution in [1.29, 1.82) is 0 Å². The van der Waals surface area contributed by atoms with Crippen LogP contribution in [0.3, 0.4) is 0 Å². The lowest BCUT2D eigenvalue weighted by molar-refractivity contribution is -0.386. The molecule has 21 heavy (non-hydrogen) atoms. The van der Waals surface area contributed by atoms with Gasteiger partial charge in [0.05, 0.1) is 4.92 Å². The second-order valence-corrected chi connectivity index (χ2v) is 4.28. The van der Waals surface area contributed by atoms with Gasteiger partial charge in [-0.05, 0) is 19.1 Å². The number of benzene rings is 1. The van der Waals surface area contributed by atoms with Crippen LogP contribution < -0.4 is 5.32 Å². The number of nitro groups is 1. The number of Topliss-reactive ketones (excluding diaryl/α,β-unsaturated/α-hetero) is 1. The van der Waals surface area contributed by atoms with Gasteiger partial charge in [-0.15, -0.1) is 0 Å². The van der Waals surface area contributed by atoms with Crippen molar-refractivity contribution < 1.29 is 19.0 Å². The third-order valence-electron chi connectivity index (χ3n) is 2.76. The summed E-state index contributed by atoms with van der Waals surface area (Å²) in [6, 6.07) is 6.22. The first-order valence-electron chi connectivity index (χ1n) is 5.93. The lowest BCUT2D eigenvalue weighted by Crippen LogP contribution is -2.14. The second-order valence-electron chi connectivity index (χ2n) is 4.28. The number of amides is 1. The minimum absolute atomic E-state index is 0.0531. The van der Waals surface area contributed by atoms with Crippen LogP contribution in [-0.2, 0) is 0 Å². The maximum atomic E-state index is 12.0. The van der Waals surface area contributed by atoms with E-state index in [0.717, 1.165) is 0 Å². The van der Waals surface area contributed by atoms with Gasteiger partial charge in [-0.25, -0.2) is 0 Å². The fourth-order valence-electron chi connectivity index (χ4n) is 1.74. The zero-order chi connectivity index (χ0) is 15.6. The number of ketones is 1. The van der Waals surface area contributed by atoms with Gasteiger partial charge in [0.2, 0.25) is 11.5 Å². The highest BCUT2D eigenvalue weighted by molar-refractivity contribution is 6.06. The molecule has 0 aliphatic carbocycles. The van der Waals surface area contributed by atoms with Crippen LogP contribution in [0.5, 0.6) is 0 Å². The molecule has 0 saturated carbocycles. The number of rotatable bonds is 4. The molecular weight excluding hydrogens is 278 g/mol. The fourth-order valence-corrected chi connectivity index (χ4v) is 1.74. The van der Waals surface area contributed by atoms with Crippen LogP contribution in [0.1, 0.15) is 33.5 Å². The van der Waals surface area contributed by atoms with Crippen molar-refractivity contribution in [3.63, 3.8) is 0 Å². The van der Waals surface area contributed by atoms with E-state index in [1.54, 1.807) is 18.2 Å². The number of anilines is 1. The topological polar surface area (TPSA) is 115 Å². The summed E-state index contributed by atoms with van der Waals surface area (Å²) in [5.41, 5.74) is -0.137. The van der Waals surface area contributed by atoms with Gasteiger partial charge in [0, 0.05) is 18.2 Å². The summed E-state index contributed by atoms with van der Waals surface area (Å²) >= 11 is 0. The van der Waals surface area contributed by atoms with Crippen molar-refractivity contribution in [2.45, 2.75) is 13.8 Å². The van der Waals surface area contributed by atoms with Gasteiger partial charge in [-0.3, -0.25) is 19.7 Å². The van der Waals surface area contributed by atoms with Gasteiger partial charge < -0.3 is 9.84 Å². The van der Waals surface area contributed by atoms with E-state index in [9.17, 15) is 19.7 Å². The quantitative estimate of drug-likeness (QED) is 0.524. The molecular formula is C13H11N3O5. The molecule has 1 amide bonds. The van der Waals surface area contributed by atoms with E-state index in [1.807, 2.05) is 0 Å². The summed E-state index contributed by atoms with van der Waals surface area (Å²) in [5, 5.41) is 16.7. The summed E-state index contributed by atoms with van der Waals surface area (Å²) < 4.78 is 4.67. The zero-order valence-electron chi connectivity index (χ0n) is 11.2. The molecule has 1 aromatic carbocycles. The monoisotopic (exact) mass is 289 g/mol. The number of carbonyl (C=O) groups excluding carboxylic acids is 2. The van der Waals surface area contributed by atoms with Crippen molar-refractivity contribution in [1.82, 2.24) is 5.16 Å². The molecule has 0 fully saturated rings. The van der Waals surface area contributed by atoms with E-state index in [0.29, 0.717) is 11.3 Å². The Morgan fingerprint density at radius 1 is 1.38 bits per heavy atom. The summed E-state index contributed by atoms with van der Waals surface area (Å²) in [6.07, 6.45) is 0. The minimum atomic E-state index is -0.778. The van der Waals surface area contributed by atoms with Crippen LogP contribution in [0.15, 0.2) is 28.8 Å². The molecule has 0 spiro atoms. The lowest BCUT2D eigenvalue weighted by Gasteiger charge is -2.04. The summed E-state index contributed by atoms with van der Waals surface area (Å²) in [7, 11) is 0. The Morgan fingerprint density at radius 3 is 2.71 bits per heavy atom. The van der Waals surface area contributed by atoms with E-state index < -0.39 is 22.2 Å². The van der Waals surface area contributed by atoms with Gasteiger partial charge >= 0.3 is 5.69 Å². The standard InChI is InChI=1S/C13H11N3O5/c1-7(17)9-4-3-5-10(6-9)14-13(18)11-12(16(19)20)8(2)21-15-11/h3-6H,1-2H3,(H,14,18). The average molecular weight is 289 g/mol. The Hall–Kier alpha value is -3.03. The van der Waals surface area contributed by atoms with E-state index in [1.165, 1.54) is 19.9 Å². The van der Waals surface area contributed by atoms with Crippen LogP contribution >= 0.6 is 0 Å². The number of aromatic nitrogens is 1. The van der Waals surface area contributed by atoms with Crippen molar-refractivity contribution in [2.24, 2.45) is 0 Å². The molecule has 1 N–H and O–H groups in total. The summed E-state index contributed by atoms with van der Waals surface area (Å²) in [5.74, 6) is -0.990. The molecule has 0 atom stereocenters. The van der Waals surface area contributed by atoms with E-state index in [-0.39, 0.29) is 11.5 Å². The van der Waals surface area contributed by atoms with Gasteiger partial charge in [0.15, 0.2) is 5.78 Å². The van der Waals surface area contributed by atoms with Crippen LogP contribution in [0.4, 0.5) is 11.4 Å². The number of nitrogens with one attached hydrogen (secondary N) is 1. The summed E-state index contributed by atoms with van der Waals surface area (Å²) in [4.78, 5) is 33.4. The third-order valence-corrected chi connectivity index (χ3v) is 2.76. The molecule has 1 heterocycles. The molecule has 1 aromatic heterocycles.